The van der Waals surface area contributed by atoms with Crippen LogP contribution in [-0.2, 0) is 28.6 Å². The van der Waals surface area contributed by atoms with E-state index in [0.717, 1.165) is 51.4 Å². The Morgan fingerprint density at radius 2 is 0.963 bits per heavy atom. The lowest BCUT2D eigenvalue weighted by molar-refractivity contribution is -0.156. The molecule has 0 fully saturated rings. The molecule has 54 heavy (non-hydrogen) atoms. The van der Waals surface area contributed by atoms with Gasteiger partial charge in [0.1, 0.15) is 17.8 Å². The van der Waals surface area contributed by atoms with E-state index >= 15 is 0 Å². The molecule has 0 rings (SSSR count). The predicted octanol–water partition coefficient (Wildman–Crippen LogP) is 11.9. The van der Waals surface area contributed by atoms with Crippen molar-refractivity contribution in [2.45, 2.75) is 233 Å². The molecule has 0 heterocycles. The number of carbonyl (C=O) groups excluding carboxylic acids is 4. The normalized spacial score (nSPS) is 12.3. The number of alkyl carbamates (subject to hydrolysis) is 1. The maximum absolute atomic E-state index is 12.3. The third-order valence-electron chi connectivity index (χ3n) is 8.29. The average molecular weight is 783 g/mol. The number of hydrogen-bond donors (Lipinski definition) is 2. The van der Waals surface area contributed by atoms with Crippen LogP contribution in [0.5, 0.6) is 0 Å². The highest BCUT2D eigenvalue weighted by molar-refractivity contribution is 5.70. The van der Waals surface area contributed by atoms with Gasteiger partial charge in [-0.05, 0) is 85.1 Å². The Labute approximate surface area is 327 Å². The third-order valence-corrected chi connectivity index (χ3v) is 8.29. The number of aldehydes is 1. The standard InChI is InChI=1S/C25H49NO4.C15H31NO2.C2HF3O/c1-6-8-10-12-14-16-19-22(18-15-13-11-9-7-2)29-23(27)20-17-21-26-24(28)30-25(3,4)5;1-3-5-6-7-8-11-14(10-4-2)18-15(17)12-9-13-16;3-2(4,5)1-6/h22H,6-21H2,1-5H3,(H,26,28);14H,3-13,16H2,1-2H3;1H. The van der Waals surface area contributed by atoms with E-state index in [9.17, 15) is 27.6 Å². The van der Waals surface area contributed by atoms with Crippen LogP contribution in [0.4, 0.5) is 18.0 Å². The molecule has 0 aliphatic carbocycles. The number of rotatable bonds is 30. The summed E-state index contributed by atoms with van der Waals surface area (Å²) in [4.78, 5) is 44.2. The molecule has 9 nitrogen and oxygen atoms in total. The Morgan fingerprint density at radius 1 is 0.593 bits per heavy atom. The highest BCUT2D eigenvalue weighted by Crippen LogP contribution is 2.18. The fraction of sp³-hybridized carbons (Fsp3) is 0.905. The smallest absolute Gasteiger partial charge is 0.446 e. The molecule has 0 saturated heterocycles. The summed E-state index contributed by atoms with van der Waals surface area (Å²) >= 11 is 0. The molecule has 12 heteroatoms. The Bertz CT molecular complexity index is 883. The summed E-state index contributed by atoms with van der Waals surface area (Å²) in [6.45, 7) is 15.3. The van der Waals surface area contributed by atoms with Crippen molar-refractivity contribution >= 4 is 24.3 Å². The van der Waals surface area contributed by atoms with Crippen molar-refractivity contribution in [2.75, 3.05) is 13.1 Å². The largest absolute Gasteiger partial charge is 0.462 e. The van der Waals surface area contributed by atoms with Crippen LogP contribution in [0.1, 0.15) is 209 Å². The number of unbranched alkanes of at least 4 members (excludes halogenated alkanes) is 13. The summed E-state index contributed by atoms with van der Waals surface area (Å²) < 4.78 is 47.7. The van der Waals surface area contributed by atoms with Crippen LogP contribution in [0.3, 0.4) is 0 Å². The van der Waals surface area contributed by atoms with Gasteiger partial charge in [-0.3, -0.25) is 14.4 Å². The molecule has 0 aromatic rings. The monoisotopic (exact) mass is 783 g/mol. The summed E-state index contributed by atoms with van der Waals surface area (Å²) in [5.41, 5.74) is 4.88. The topological polar surface area (TPSA) is 134 Å². The van der Waals surface area contributed by atoms with Gasteiger partial charge in [-0.1, -0.05) is 118 Å². The number of nitrogens with two attached hydrogens (primary N) is 1. The third kappa shape index (κ3) is 47.7. The lowest BCUT2D eigenvalue weighted by Crippen LogP contribution is -2.33. The minimum atomic E-state index is -4.64. The molecule has 0 radical (unpaired) electrons. The van der Waals surface area contributed by atoms with Crippen LogP contribution in [-0.4, -0.2) is 61.4 Å². The van der Waals surface area contributed by atoms with Crippen molar-refractivity contribution in [3.63, 3.8) is 0 Å². The Balaban J connectivity index is -0.000000910. The summed E-state index contributed by atoms with van der Waals surface area (Å²) in [6, 6.07) is 0. The first-order valence-electron chi connectivity index (χ1n) is 21.2. The Kier molecular flexibility index (Phi) is 40.3. The SMILES string of the molecule is CCCCCCCC(CCC)OC(=O)CCCN.CCCCCCCCC(CCCCCCC)OC(=O)CCCNC(=O)OC(C)(C)C.O=CC(F)(F)F. The van der Waals surface area contributed by atoms with Gasteiger partial charge in [0.25, 0.3) is 0 Å². The van der Waals surface area contributed by atoms with Crippen LogP contribution >= 0.6 is 0 Å². The van der Waals surface area contributed by atoms with Crippen molar-refractivity contribution in [1.82, 2.24) is 5.32 Å². The molecule has 0 spiro atoms. The lowest BCUT2D eigenvalue weighted by atomic mass is 10.0. The van der Waals surface area contributed by atoms with E-state index in [2.05, 4.69) is 33.0 Å². The quantitative estimate of drug-likeness (QED) is 0.0318. The van der Waals surface area contributed by atoms with E-state index in [4.69, 9.17) is 24.7 Å². The predicted molar refractivity (Wildman–Crippen MR) is 213 cm³/mol. The Morgan fingerprint density at radius 3 is 1.31 bits per heavy atom. The number of alkyl halides is 3. The minimum absolute atomic E-state index is 0.0455. The number of carbonyl (C=O) groups is 4. The second kappa shape index (κ2) is 38.9. The number of ether oxygens (including phenoxy) is 3. The van der Waals surface area contributed by atoms with Gasteiger partial charge in [0.15, 0.2) is 0 Å². The van der Waals surface area contributed by atoms with E-state index in [1.807, 2.05) is 20.8 Å². The second-order valence-electron chi connectivity index (χ2n) is 15.1. The highest BCUT2D eigenvalue weighted by atomic mass is 19.4. The summed E-state index contributed by atoms with van der Waals surface area (Å²) in [5, 5.41) is 2.69. The molecule has 0 aliphatic rings. The van der Waals surface area contributed by atoms with Crippen molar-refractivity contribution in [2.24, 2.45) is 5.73 Å². The van der Waals surface area contributed by atoms with Gasteiger partial charge in [0.2, 0.25) is 6.29 Å². The van der Waals surface area contributed by atoms with E-state index < -0.39 is 24.2 Å². The zero-order valence-electron chi connectivity index (χ0n) is 35.4. The number of esters is 2. The van der Waals surface area contributed by atoms with Gasteiger partial charge < -0.3 is 25.3 Å². The highest BCUT2D eigenvalue weighted by Gasteiger charge is 2.25. The number of amides is 1. The molecule has 2 unspecified atom stereocenters. The first kappa shape index (κ1) is 56.0. The summed E-state index contributed by atoms with van der Waals surface area (Å²) in [6.07, 6.45) is 21.1. The van der Waals surface area contributed by atoms with Crippen LogP contribution in [0.25, 0.3) is 0 Å². The lowest BCUT2D eigenvalue weighted by Gasteiger charge is -2.20. The molecule has 0 aliphatic heterocycles. The number of nitrogens with one attached hydrogen (secondary N) is 1. The first-order valence-corrected chi connectivity index (χ1v) is 21.2. The van der Waals surface area contributed by atoms with E-state index in [1.165, 1.54) is 89.9 Å². The maximum Gasteiger partial charge on any atom is 0.446 e. The summed E-state index contributed by atoms with van der Waals surface area (Å²) in [7, 11) is 0. The molecule has 0 aromatic heterocycles. The average Bonchev–Trinajstić information content (AvgIpc) is 3.10. The van der Waals surface area contributed by atoms with Crippen LogP contribution in [0.2, 0.25) is 0 Å². The van der Waals surface area contributed by atoms with Crippen molar-refractivity contribution < 1.29 is 46.6 Å². The van der Waals surface area contributed by atoms with Gasteiger partial charge in [0.05, 0.1) is 0 Å². The molecule has 1 amide bonds. The number of hydrogen-bond acceptors (Lipinski definition) is 8. The van der Waals surface area contributed by atoms with Gasteiger partial charge in [0, 0.05) is 19.4 Å². The van der Waals surface area contributed by atoms with Gasteiger partial charge in [-0.15, -0.1) is 0 Å². The Hall–Kier alpha value is -2.37. The van der Waals surface area contributed by atoms with E-state index in [-0.39, 0.29) is 24.1 Å². The molecule has 0 bridgehead atoms. The fourth-order valence-corrected chi connectivity index (χ4v) is 5.42. The molecule has 322 valence electrons. The molecular formula is C42H81F3N2O7. The zero-order valence-corrected chi connectivity index (χ0v) is 35.4. The second-order valence-corrected chi connectivity index (χ2v) is 15.1. The maximum atomic E-state index is 12.3. The van der Waals surface area contributed by atoms with Crippen molar-refractivity contribution in [3.05, 3.63) is 0 Å². The van der Waals surface area contributed by atoms with E-state index in [0.29, 0.717) is 32.4 Å². The van der Waals surface area contributed by atoms with Crippen molar-refractivity contribution in [1.29, 1.82) is 0 Å². The van der Waals surface area contributed by atoms with Gasteiger partial charge in [-0.25, -0.2) is 4.79 Å². The summed E-state index contributed by atoms with van der Waals surface area (Å²) in [5.74, 6) is -0.224. The number of halogens is 3. The fourth-order valence-electron chi connectivity index (χ4n) is 5.42. The van der Waals surface area contributed by atoms with Gasteiger partial charge in [-0.2, -0.15) is 13.2 Å². The van der Waals surface area contributed by atoms with Crippen LogP contribution < -0.4 is 11.1 Å². The van der Waals surface area contributed by atoms with E-state index in [1.54, 1.807) is 0 Å². The van der Waals surface area contributed by atoms with Crippen molar-refractivity contribution in [3.8, 4) is 0 Å². The molecule has 0 aromatic carbocycles. The molecule has 3 N–H and O–H groups in total. The minimum Gasteiger partial charge on any atom is -0.462 e. The molecule has 2 atom stereocenters. The zero-order chi connectivity index (χ0) is 41.5. The molecular weight excluding hydrogens is 701 g/mol. The van der Waals surface area contributed by atoms with Crippen LogP contribution in [0, 0.1) is 0 Å². The molecule has 0 saturated carbocycles. The van der Waals surface area contributed by atoms with Gasteiger partial charge >= 0.3 is 24.2 Å². The first-order chi connectivity index (χ1) is 25.6. The van der Waals surface area contributed by atoms with Crippen LogP contribution in [0.15, 0.2) is 0 Å².